The minimum atomic E-state index is 0.246. The molecule has 0 aliphatic rings. The molecule has 0 amide bonds. The lowest BCUT2D eigenvalue weighted by atomic mass is 10.1. The van der Waals surface area contributed by atoms with Crippen LogP contribution in [0.15, 0.2) is 59.1 Å². The summed E-state index contributed by atoms with van der Waals surface area (Å²) in [4.78, 5) is 0. The highest BCUT2D eigenvalue weighted by Gasteiger charge is 2.10. The highest BCUT2D eigenvalue weighted by Crippen LogP contribution is 2.28. The molecule has 0 aromatic heterocycles. The van der Waals surface area contributed by atoms with Crippen LogP contribution >= 0.6 is 15.9 Å². The van der Waals surface area contributed by atoms with E-state index < -0.39 is 0 Å². The van der Waals surface area contributed by atoms with E-state index in [1.54, 1.807) is 0 Å². The molecular formula is C18H20BrNO. The molecule has 2 aromatic carbocycles. The topological polar surface area (TPSA) is 21.3 Å². The van der Waals surface area contributed by atoms with E-state index in [0.717, 1.165) is 15.8 Å². The molecule has 0 saturated heterocycles. The molecule has 2 rings (SSSR count). The van der Waals surface area contributed by atoms with Gasteiger partial charge >= 0.3 is 0 Å². The predicted octanol–water partition coefficient (Wildman–Crippen LogP) is 4.82. The maximum Gasteiger partial charge on any atom is 0.124 e. The Balaban J connectivity index is 2.01. The molecule has 0 aliphatic heterocycles. The first kappa shape index (κ1) is 15.8. The molecule has 1 atom stereocenters. The van der Waals surface area contributed by atoms with Crippen molar-refractivity contribution in [3.05, 3.63) is 70.2 Å². The molecule has 2 aromatic rings. The van der Waals surface area contributed by atoms with E-state index in [9.17, 15) is 0 Å². The van der Waals surface area contributed by atoms with E-state index in [0.29, 0.717) is 6.61 Å². The Hall–Kier alpha value is -1.58. The summed E-state index contributed by atoms with van der Waals surface area (Å²) in [7, 11) is 1.95. The van der Waals surface area contributed by atoms with E-state index in [-0.39, 0.29) is 6.04 Å². The normalized spacial score (nSPS) is 12.5. The Morgan fingerprint density at radius 2 is 1.95 bits per heavy atom. The van der Waals surface area contributed by atoms with Crippen LogP contribution < -0.4 is 10.1 Å². The minimum absolute atomic E-state index is 0.246. The summed E-state index contributed by atoms with van der Waals surface area (Å²) in [6, 6.07) is 16.6. The number of halogens is 1. The minimum Gasteiger partial charge on any atom is -0.489 e. The summed E-state index contributed by atoms with van der Waals surface area (Å²) in [5.41, 5.74) is 2.33. The zero-order valence-electron chi connectivity index (χ0n) is 12.3. The van der Waals surface area contributed by atoms with Crippen molar-refractivity contribution in [3.63, 3.8) is 0 Å². The van der Waals surface area contributed by atoms with E-state index in [1.807, 2.05) is 43.5 Å². The molecule has 0 aliphatic carbocycles. The van der Waals surface area contributed by atoms with Crippen molar-refractivity contribution in [2.45, 2.75) is 13.0 Å². The second kappa shape index (κ2) is 8.01. The second-order valence-electron chi connectivity index (χ2n) is 4.82. The van der Waals surface area contributed by atoms with Gasteiger partial charge < -0.3 is 10.1 Å². The van der Waals surface area contributed by atoms with Gasteiger partial charge in [0, 0.05) is 16.1 Å². The highest BCUT2D eigenvalue weighted by molar-refractivity contribution is 9.10. The van der Waals surface area contributed by atoms with Crippen LogP contribution in [0.25, 0.3) is 6.08 Å². The Morgan fingerprint density at radius 3 is 2.67 bits per heavy atom. The number of benzene rings is 2. The second-order valence-corrected chi connectivity index (χ2v) is 5.73. The molecule has 0 bridgehead atoms. The van der Waals surface area contributed by atoms with Crippen molar-refractivity contribution in [2.24, 2.45) is 0 Å². The Morgan fingerprint density at radius 1 is 1.19 bits per heavy atom. The van der Waals surface area contributed by atoms with E-state index in [1.165, 1.54) is 5.56 Å². The molecule has 21 heavy (non-hydrogen) atoms. The maximum absolute atomic E-state index is 5.89. The number of nitrogens with one attached hydrogen (secondary N) is 1. The van der Waals surface area contributed by atoms with Crippen LogP contribution in [0.3, 0.4) is 0 Å². The standard InChI is InChI=1S/C18H20BrNO/c1-14(20-2)17-13-16(19)10-11-18(17)21-12-6-9-15-7-4-3-5-8-15/h3-11,13-14,20H,12H2,1-2H3. The molecule has 1 unspecified atom stereocenters. The fourth-order valence-electron chi connectivity index (χ4n) is 2.03. The van der Waals surface area contributed by atoms with Gasteiger partial charge in [-0.3, -0.25) is 0 Å². The molecule has 1 N–H and O–H groups in total. The van der Waals surface area contributed by atoms with Gasteiger partial charge in [0.2, 0.25) is 0 Å². The zero-order valence-corrected chi connectivity index (χ0v) is 13.9. The Kier molecular flexibility index (Phi) is 6.03. The molecule has 0 spiro atoms. The molecule has 3 heteroatoms. The van der Waals surface area contributed by atoms with Crippen molar-refractivity contribution in [1.82, 2.24) is 5.32 Å². The van der Waals surface area contributed by atoms with Gasteiger partial charge in [-0.1, -0.05) is 52.3 Å². The molecule has 0 radical (unpaired) electrons. The molecule has 0 saturated carbocycles. The number of hydrogen-bond acceptors (Lipinski definition) is 2. The molecule has 0 heterocycles. The third-order valence-corrected chi connectivity index (χ3v) is 3.81. The largest absolute Gasteiger partial charge is 0.489 e. The average molecular weight is 346 g/mol. The van der Waals surface area contributed by atoms with Crippen LogP contribution in [-0.2, 0) is 0 Å². The summed E-state index contributed by atoms with van der Waals surface area (Å²) >= 11 is 3.51. The van der Waals surface area contributed by atoms with Gasteiger partial charge in [0.1, 0.15) is 12.4 Å². The smallest absolute Gasteiger partial charge is 0.124 e. The van der Waals surface area contributed by atoms with Gasteiger partial charge in [-0.15, -0.1) is 0 Å². The first-order valence-corrected chi connectivity index (χ1v) is 7.81. The molecular weight excluding hydrogens is 326 g/mol. The van der Waals surface area contributed by atoms with Crippen molar-refractivity contribution < 1.29 is 4.74 Å². The average Bonchev–Trinajstić information content (AvgIpc) is 2.53. The molecule has 0 fully saturated rings. The van der Waals surface area contributed by atoms with Crippen LogP contribution in [-0.4, -0.2) is 13.7 Å². The van der Waals surface area contributed by atoms with Gasteiger partial charge in [-0.2, -0.15) is 0 Å². The summed E-state index contributed by atoms with van der Waals surface area (Å²) in [5, 5.41) is 3.25. The van der Waals surface area contributed by atoms with E-state index >= 15 is 0 Å². The summed E-state index contributed by atoms with van der Waals surface area (Å²) < 4.78 is 6.95. The van der Waals surface area contributed by atoms with Crippen LogP contribution in [0.1, 0.15) is 24.1 Å². The first-order chi connectivity index (χ1) is 10.2. The van der Waals surface area contributed by atoms with Crippen LogP contribution in [0.5, 0.6) is 5.75 Å². The van der Waals surface area contributed by atoms with Gasteiger partial charge in [0.15, 0.2) is 0 Å². The van der Waals surface area contributed by atoms with Crippen molar-refractivity contribution in [3.8, 4) is 5.75 Å². The number of ether oxygens (including phenoxy) is 1. The van der Waals surface area contributed by atoms with Crippen molar-refractivity contribution >= 4 is 22.0 Å². The zero-order chi connectivity index (χ0) is 15.1. The SMILES string of the molecule is CNC(C)c1cc(Br)ccc1OCC=Cc1ccccc1. The quantitative estimate of drug-likeness (QED) is 0.810. The van der Waals surface area contributed by atoms with Crippen molar-refractivity contribution in [1.29, 1.82) is 0 Å². The van der Waals surface area contributed by atoms with Crippen molar-refractivity contribution in [2.75, 3.05) is 13.7 Å². The van der Waals surface area contributed by atoms with E-state index in [2.05, 4.69) is 52.4 Å². The highest BCUT2D eigenvalue weighted by atomic mass is 79.9. The van der Waals surface area contributed by atoms with E-state index in [4.69, 9.17) is 4.74 Å². The number of rotatable bonds is 6. The van der Waals surface area contributed by atoms with Crippen LogP contribution in [0, 0.1) is 0 Å². The molecule has 2 nitrogen and oxygen atoms in total. The lowest BCUT2D eigenvalue weighted by Crippen LogP contribution is -2.13. The third-order valence-electron chi connectivity index (χ3n) is 3.32. The maximum atomic E-state index is 5.89. The lowest BCUT2D eigenvalue weighted by Gasteiger charge is -2.16. The summed E-state index contributed by atoms with van der Waals surface area (Å²) in [6.07, 6.45) is 4.10. The van der Waals surface area contributed by atoms with Gasteiger partial charge in [0.05, 0.1) is 0 Å². The summed E-state index contributed by atoms with van der Waals surface area (Å²) in [5.74, 6) is 0.915. The van der Waals surface area contributed by atoms with Gasteiger partial charge in [-0.05, 0) is 43.8 Å². The van der Waals surface area contributed by atoms with Crippen LogP contribution in [0.4, 0.5) is 0 Å². The van der Waals surface area contributed by atoms with Gasteiger partial charge in [0.25, 0.3) is 0 Å². The molecule has 110 valence electrons. The first-order valence-electron chi connectivity index (χ1n) is 7.02. The third kappa shape index (κ3) is 4.73. The fraction of sp³-hybridized carbons (Fsp3) is 0.222. The number of hydrogen-bond donors (Lipinski definition) is 1. The Labute approximate surface area is 135 Å². The lowest BCUT2D eigenvalue weighted by molar-refractivity contribution is 0.355. The Bertz CT molecular complexity index is 595. The van der Waals surface area contributed by atoms with Gasteiger partial charge in [-0.25, -0.2) is 0 Å². The summed E-state index contributed by atoms with van der Waals surface area (Å²) in [6.45, 7) is 2.68. The van der Waals surface area contributed by atoms with Crippen LogP contribution in [0.2, 0.25) is 0 Å². The monoisotopic (exact) mass is 345 g/mol. The fourth-order valence-corrected chi connectivity index (χ4v) is 2.41. The predicted molar refractivity (Wildman–Crippen MR) is 92.6 cm³/mol.